The third kappa shape index (κ3) is 5.04. The van der Waals surface area contributed by atoms with Crippen molar-refractivity contribution in [1.82, 2.24) is 10.2 Å². The van der Waals surface area contributed by atoms with Gasteiger partial charge in [-0.2, -0.15) is 0 Å². The van der Waals surface area contributed by atoms with Crippen LogP contribution in [0.15, 0.2) is 36.4 Å². The molecule has 0 aromatic heterocycles. The SMILES string of the molecule is COc1ccc(CCNC(Oc2cccc3c2CN(C(C)=O)C3)C(C)O)cc1OC. The summed E-state index contributed by atoms with van der Waals surface area (Å²) in [4.78, 5) is 13.5. The van der Waals surface area contributed by atoms with Crippen LogP contribution in [0, 0.1) is 0 Å². The first-order valence-electron chi connectivity index (χ1n) is 10.1. The largest absolute Gasteiger partial charge is 0.493 e. The molecule has 0 saturated carbocycles. The van der Waals surface area contributed by atoms with E-state index in [1.54, 1.807) is 33.0 Å². The predicted molar refractivity (Wildman–Crippen MR) is 114 cm³/mol. The number of amides is 1. The molecule has 1 aliphatic rings. The first-order chi connectivity index (χ1) is 14.4. The first kappa shape index (κ1) is 21.9. The molecule has 2 N–H and O–H groups in total. The predicted octanol–water partition coefficient (Wildman–Crippen LogP) is 2.48. The highest BCUT2D eigenvalue weighted by molar-refractivity contribution is 5.74. The number of nitrogens with one attached hydrogen (secondary N) is 1. The second-order valence-corrected chi connectivity index (χ2v) is 7.44. The molecule has 0 radical (unpaired) electrons. The van der Waals surface area contributed by atoms with E-state index in [4.69, 9.17) is 14.2 Å². The van der Waals surface area contributed by atoms with Crippen LogP contribution < -0.4 is 19.5 Å². The van der Waals surface area contributed by atoms with Crippen LogP contribution in [-0.4, -0.2) is 49.0 Å². The standard InChI is InChI=1S/C23H30N2O5/c1-15(26)23(24-11-10-17-8-9-21(28-3)22(12-17)29-4)30-20-7-5-6-18-13-25(16(2)27)14-19(18)20/h5-9,12,15,23-24,26H,10-11,13-14H2,1-4H3. The molecule has 2 unspecified atom stereocenters. The number of benzene rings is 2. The average molecular weight is 415 g/mol. The number of nitrogens with zero attached hydrogens (tertiary/aromatic N) is 1. The number of hydrogen-bond donors (Lipinski definition) is 2. The lowest BCUT2D eigenvalue weighted by Gasteiger charge is -2.24. The van der Waals surface area contributed by atoms with E-state index < -0.39 is 12.3 Å². The lowest BCUT2D eigenvalue weighted by atomic mass is 10.1. The number of carbonyl (C=O) groups excluding carboxylic acids is 1. The summed E-state index contributed by atoms with van der Waals surface area (Å²) in [5.41, 5.74) is 3.17. The summed E-state index contributed by atoms with van der Waals surface area (Å²) < 4.78 is 16.7. The Morgan fingerprint density at radius 3 is 2.57 bits per heavy atom. The number of rotatable bonds is 9. The number of fused-ring (bicyclic) bond motifs is 1. The van der Waals surface area contributed by atoms with Gasteiger partial charge in [0, 0.05) is 32.1 Å². The maximum absolute atomic E-state index is 11.7. The summed E-state index contributed by atoms with van der Waals surface area (Å²) in [5.74, 6) is 2.11. The summed E-state index contributed by atoms with van der Waals surface area (Å²) in [5, 5.41) is 13.5. The van der Waals surface area contributed by atoms with Crippen molar-refractivity contribution in [3.05, 3.63) is 53.1 Å². The van der Waals surface area contributed by atoms with Crippen LogP contribution in [0.25, 0.3) is 0 Å². The quantitative estimate of drug-likeness (QED) is 0.614. The smallest absolute Gasteiger partial charge is 0.220 e. The summed E-state index contributed by atoms with van der Waals surface area (Å²) >= 11 is 0. The first-order valence-corrected chi connectivity index (χ1v) is 10.1. The van der Waals surface area contributed by atoms with Gasteiger partial charge in [-0.1, -0.05) is 18.2 Å². The number of aliphatic hydroxyl groups excluding tert-OH is 1. The van der Waals surface area contributed by atoms with Crippen molar-refractivity contribution in [3.8, 4) is 17.2 Å². The van der Waals surface area contributed by atoms with Gasteiger partial charge >= 0.3 is 0 Å². The lowest BCUT2D eigenvalue weighted by Crippen LogP contribution is -2.44. The van der Waals surface area contributed by atoms with Crippen molar-refractivity contribution in [2.45, 2.75) is 45.7 Å². The molecule has 1 heterocycles. The Hall–Kier alpha value is -2.77. The highest BCUT2D eigenvalue weighted by Gasteiger charge is 2.26. The van der Waals surface area contributed by atoms with E-state index in [1.807, 2.05) is 36.4 Å². The Labute approximate surface area is 177 Å². The normalized spacial score (nSPS) is 14.8. The van der Waals surface area contributed by atoms with E-state index in [9.17, 15) is 9.90 Å². The number of carbonyl (C=O) groups is 1. The Kier molecular flexibility index (Phi) is 7.18. The second-order valence-electron chi connectivity index (χ2n) is 7.44. The molecule has 162 valence electrons. The summed E-state index contributed by atoms with van der Waals surface area (Å²) in [6.45, 7) is 4.99. The van der Waals surface area contributed by atoms with Crippen LogP contribution in [-0.2, 0) is 24.3 Å². The van der Waals surface area contributed by atoms with Gasteiger partial charge in [0.2, 0.25) is 5.91 Å². The topological polar surface area (TPSA) is 80.3 Å². The summed E-state index contributed by atoms with van der Waals surface area (Å²) in [6.07, 6.45) is -0.544. The van der Waals surface area contributed by atoms with Gasteiger partial charge < -0.3 is 24.2 Å². The average Bonchev–Trinajstić information content (AvgIpc) is 3.18. The molecule has 1 aliphatic heterocycles. The zero-order chi connectivity index (χ0) is 21.7. The van der Waals surface area contributed by atoms with Crippen molar-refractivity contribution >= 4 is 5.91 Å². The fourth-order valence-corrected chi connectivity index (χ4v) is 3.57. The molecule has 0 spiro atoms. The van der Waals surface area contributed by atoms with E-state index in [0.29, 0.717) is 36.9 Å². The number of ether oxygens (including phenoxy) is 3. The third-order valence-electron chi connectivity index (χ3n) is 5.28. The molecular formula is C23H30N2O5. The van der Waals surface area contributed by atoms with E-state index in [-0.39, 0.29) is 5.91 Å². The Morgan fingerprint density at radius 1 is 1.13 bits per heavy atom. The minimum atomic E-state index is -0.712. The fourth-order valence-electron chi connectivity index (χ4n) is 3.57. The van der Waals surface area contributed by atoms with E-state index in [1.165, 1.54) is 0 Å². The van der Waals surface area contributed by atoms with Gasteiger partial charge in [0.05, 0.1) is 14.2 Å². The molecule has 30 heavy (non-hydrogen) atoms. The maximum Gasteiger partial charge on any atom is 0.220 e. The van der Waals surface area contributed by atoms with Gasteiger partial charge in [-0.3, -0.25) is 10.1 Å². The molecule has 0 saturated heterocycles. The van der Waals surface area contributed by atoms with Crippen molar-refractivity contribution in [1.29, 1.82) is 0 Å². The number of methoxy groups -OCH3 is 2. The molecule has 0 fully saturated rings. The highest BCUT2D eigenvalue weighted by Crippen LogP contribution is 2.32. The van der Waals surface area contributed by atoms with E-state index in [2.05, 4.69) is 5.32 Å². The van der Waals surface area contributed by atoms with Gasteiger partial charge in [0.25, 0.3) is 0 Å². The molecule has 1 amide bonds. The minimum Gasteiger partial charge on any atom is -0.493 e. The molecule has 2 aromatic carbocycles. The Balaban J connectivity index is 1.63. The fraction of sp³-hybridized carbons (Fsp3) is 0.435. The highest BCUT2D eigenvalue weighted by atomic mass is 16.5. The van der Waals surface area contributed by atoms with Gasteiger partial charge in [-0.15, -0.1) is 0 Å². The molecule has 7 heteroatoms. The van der Waals surface area contributed by atoms with E-state index >= 15 is 0 Å². The zero-order valence-electron chi connectivity index (χ0n) is 18.0. The van der Waals surface area contributed by atoms with Gasteiger partial charge in [0.1, 0.15) is 11.9 Å². The Bertz CT molecular complexity index is 884. The minimum absolute atomic E-state index is 0.0391. The zero-order valence-corrected chi connectivity index (χ0v) is 18.0. The third-order valence-corrected chi connectivity index (χ3v) is 5.28. The molecule has 0 bridgehead atoms. The van der Waals surface area contributed by atoms with Gasteiger partial charge in [-0.25, -0.2) is 0 Å². The van der Waals surface area contributed by atoms with Crippen LogP contribution in [0.2, 0.25) is 0 Å². The van der Waals surface area contributed by atoms with Crippen LogP contribution in [0.1, 0.15) is 30.5 Å². The maximum atomic E-state index is 11.7. The van der Waals surface area contributed by atoms with Crippen molar-refractivity contribution < 1.29 is 24.1 Å². The number of hydrogen-bond acceptors (Lipinski definition) is 6. The van der Waals surface area contributed by atoms with E-state index in [0.717, 1.165) is 23.1 Å². The summed E-state index contributed by atoms with van der Waals surface area (Å²) in [6, 6.07) is 11.6. The molecule has 0 aliphatic carbocycles. The lowest BCUT2D eigenvalue weighted by molar-refractivity contribution is -0.129. The second kappa shape index (κ2) is 9.82. The summed E-state index contributed by atoms with van der Waals surface area (Å²) in [7, 11) is 3.22. The van der Waals surface area contributed by atoms with Crippen molar-refractivity contribution in [2.24, 2.45) is 0 Å². The molecular weight excluding hydrogens is 384 g/mol. The van der Waals surface area contributed by atoms with Gasteiger partial charge in [0.15, 0.2) is 17.7 Å². The monoisotopic (exact) mass is 414 g/mol. The molecule has 3 rings (SSSR count). The van der Waals surface area contributed by atoms with Crippen molar-refractivity contribution in [3.63, 3.8) is 0 Å². The van der Waals surface area contributed by atoms with Gasteiger partial charge in [-0.05, 0) is 42.7 Å². The molecule has 7 nitrogen and oxygen atoms in total. The number of aliphatic hydroxyl groups is 1. The van der Waals surface area contributed by atoms with Crippen LogP contribution in [0.3, 0.4) is 0 Å². The Morgan fingerprint density at radius 2 is 1.90 bits per heavy atom. The van der Waals surface area contributed by atoms with Crippen LogP contribution >= 0.6 is 0 Å². The molecule has 2 aromatic rings. The van der Waals surface area contributed by atoms with Crippen molar-refractivity contribution in [2.75, 3.05) is 20.8 Å². The van der Waals surface area contributed by atoms with Crippen LogP contribution in [0.5, 0.6) is 17.2 Å². The van der Waals surface area contributed by atoms with Crippen LogP contribution in [0.4, 0.5) is 0 Å². The molecule has 2 atom stereocenters.